The van der Waals surface area contributed by atoms with Crippen LogP contribution in [0.1, 0.15) is 23.7 Å². The van der Waals surface area contributed by atoms with Crippen molar-refractivity contribution < 1.29 is 32.5 Å². The fourth-order valence-corrected chi connectivity index (χ4v) is 3.77. The van der Waals surface area contributed by atoms with E-state index in [-0.39, 0.29) is 12.3 Å². The Labute approximate surface area is 203 Å². The predicted molar refractivity (Wildman–Crippen MR) is 124 cm³/mol. The number of halogens is 4. The Balaban J connectivity index is 1.69. The van der Waals surface area contributed by atoms with Crippen molar-refractivity contribution in [2.24, 2.45) is 0 Å². The number of aromatic nitrogens is 2. The maximum absolute atomic E-state index is 12.9. The Morgan fingerprint density at radius 2 is 1.83 bits per heavy atom. The molecule has 182 valence electrons. The number of ether oxygens (including phenoxy) is 2. The lowest BCUT2D eigenvalue weighted by molar-refractivity contribution is -0.144. The Bertz CT molecular complexity index is 1380. The highest BCUT2D eigenvalue weighted by molar-refractivity contribution is 6.31. The van der Waals surface area contributed by atoms with Crippen molar-refractivity contribution in [2.75, 3.05) is 0 Å². The summed E-state index contributed by atoms with van der Waals surface area (Å²) in [5.74, 6) is -0.0402. The van der Waals surface area contributed by atoms with Crippen LogP contribution in [0.4, 0.5) is 13.2 Å². The van der Waals surface area contributed by atoms with E-state index in [2.05, 4.69) is 4.98 Å². The summed E-state index contributed by atoms with van der Waals surface area (Å²) < 4.78 is 52.0. The summed E-state index contributed by atoms with van der Waals surface area (Å²) in [5, 5.41) is 10.2. The van der Waals surface area contributed by atoms with E-state index in [9.17, 15) is 18.0 Å². The molecule has 0 bridgehead atoms. The molecule has 0 saturated heterocycles. The first kappa shape index (κ1) is 24.4. The van der Waals surface area contributed by atoms with Crippen LogP contribution in [0.15, 0.2) is 60.8 Å². The van der Waals surface area contributed by atoms with E-state index in [1.165, 1.54) is 19.1 Å². The number of hydrogen-bond donors (Lipinski definition) is 1. The molecule has 0 aliphatic carbocycles. The van der Waals surface area contributed by atoms with E-state index in [0.29, 0.717) is 38.8 Å². The highest BCUT2D eigenvalue weighted by Gasteiger charge is 2.30. The number of rotatable bonds is 7. The number of pyridine rings is 1. The first-order valence-electron chi connectivity index (χ1n) is 10.5. The quantitative estimate of drug-likeness (QED) is 0.303. The Morgan fingerprint density at radius 1 is 1.14 bits per heavy atom. The van der Waals surface area contributed by atoms with Gasteiger partial charge in [0.15, 0.2) is 11.9 Å². The summed E-state index contributed by atoms with van der Waals surface area (Å²) in [7, 11) is 0. The van der Waals surface area contributed by atoms with E-state index in [1.807, 2.05) is 11.5 Å². The minimum atomic E-state index is -4.44. The summed E-state index contributed by atoms with van der Waals surface area (Å²) >= 11 is 6.41. The SMILES string of the molecule is Cc1c(Oc2ccc(C(F)(F)F)cc2)c2cccnc2n1Cc1cc(O[C@H](C)C(=O)O)ccc1Cl. The number of fused-ring (bicyclic) bond motifs is 1. The summed E-state index contributed by atoms with van der Waals surface area (Å²) in [4.78, 5) is 15.6. The first-order valence-corrected chi connectivity index (χ1v) is 10.9. The summed E-state index contributed by atoms with van der Waals surface area (Å²) in [6.45, 7) is 3.50. The predicted octanol–water partition coefficient (Wildman–Crippen LogP) is 6.71. The number of aliphatic carboxylic acids is 1. The second-order valence-corrected chi connectivity index (χ2v) is 8.26. The van der Waals surface area contributed by atoms with Crippen LogP contribution in [-0.4, -0.2) is 26.7 Å². The summed E-state index contributed by atoms with van der Waals surface area (Å²) in [6.07, 6.45) is -3.85. The van der Waals surface area contributed by atoms with Gasteiger partial charge >= 0.3 is 12.1 Å². The van der Waals surface area contributed by atoms with Crippen LogP contribution in [0.2, 0.25) is 5.02 Å². The average molecular weight is 505 g/mol. The molecule has 0 unspecified atom stereocenters. The maximum atomic E-state index is 12.9. The molecule has 2 heterocycles. The van der Waals surface area contributed by atoms with Crippen molar-refractivity contribution in [3.05, 3.63) is 82.6 Å². The maximum Gasteiger partial charge on any atom is 0.416 e. The number of carboxylic acids is 1. The summed E-state index contributed by atoms with van der Waals surface area (Å²) in [6, 6.07) is 12.9. The van der Waals surface area contributed by atoms with Crippen molar-refractivity contribution in [3.8, 4) is 17.2 Å². The van der Waals surface area contributed by atoms with Gasteiger partial charge in [0, 0.05) is 11.2 Å². The molecule has 0 aliphatic rings. The molecule has 0 aliphatic heterocycles. The highest BCUT2D eigenvalue weighted by Crippen LogP contribution is 2.37. The lowest BCUT2D eigenvalue weighted by atomic mass is 10.2. The molecular weight excluding hydrogens is 485 g/mol. The normalized spacial score (nSPS) is 12.5. The lowest BCUT2D eigenvalue weighted by Gasteiger charge is -2.14. The molecule has 0 spiro atoms. The van der Waals surface area contributed by atoms with Crippen LogP contribution in [0, 0.1) is 6.92 Å². The number of carbonyl (C=O) groups is 1. The Kier molecular flexibility index (Phi) is 6.62. The monoisotopic (exact) mass is 504 g/mol. The number of benzene rings is 2. The molecule has 4 aromatic rings. The van der Waals surface area contributed by atoms with Gasteiger partial charge < -0.3 is 19.1 Å². The smallest absolute Gasteiger partial charge is 0.416 e. The highest BCUT2D eigenvalue weighted by atomic mass is 35.5. The van der Waals surface area contributed by atoms with Crippen molar-refractivity contribution in [1.29, 1.82) is 0 Å². The molecule has 0 radical (unpaired) electrons. The van der Waals surface area contributed by atoms with Gasteiger partial charge in [-0.25, -0.2) is 9.78 Å². The van der Waals surface area contributed by atoms with Gasteiger partial charge in [-0.1, -0.05) is 11.6 Å². The molecule has 0 fully saturated rings. The molecule has 1 N–H and O–H groups in total. The average Bonchev–Trinajstić information content (AvgIpc) is 3.07. The van der Waals surface area contributed by atoms with Crippen LogP contribution in [0.3, 0.4) is 0 Å². The number of alkyl halides is 3. The van der Waals surface area contributed by atoms with Crippen molar-refractivity contribution in [3.63, 3.8) is 0 Å². The first-order chi connectivity index (χ1) is 16.5. The third-order valence-corrected chi connectivity index (χ3v) is 5.80. The fraction of sp³-hybridized carbons (Fsp3) is 0.200. The fourth-order valence-electron chi connectivity index (χ4n) is 3.59. The van der Waals surface area contributed by atoms with Gasteiger partial charge in [0.25, 0.3) is 0 Å². The molecule has 2 aromatic carbocycles. The molecule has 0 saturated carbocycles. The van der Waals surface area contributed by atoms with E-state index >= 15 is 0 Å². The Hall–Kier alpha value is -3.72. The van der Waals surface area contributed by atoms with Gasteiger partial charge in [0.1, 0.15) is 17.1 Å². The minimum Gasteiger partial charge on any atom is -0.479 e. The van der Waals surface area contributed by atoms with Crippen LogP contribution < -0.4 is 9.47 Å². The van der Waals surface area contributed by atoms with Crippen LogP contribution in [-0.2, 0) is 17.5 Å². The molecule has 4 rings (SSSR count). The third-order valence-electron chi connectivity index (χ3n) is 5.43. The number of nitrogens with zero attached hydrogens (tertiary/aromatic N) is 2. The van der Waals surface area contributed by atoms with Gasteiger partial charge in [-0.2, -0.15) is 13.2 Å². The molecule has 2 aromatic heterocycles. The van der Waals surface area contributed by atoms with E-state index in [1.54, 1.807) is 36.5 Å². The topological polar surface area (TPSA) is 73.6 Å². The van der Waals surface area contributed by atoms with E-state index < -0.39 is 23.8 Å². The zero-order chi connectivity index (χ0) is 25.3. The molecule has 10 heteroatoms. The lowest BCUT2D eigenvalue weighted by Crippen LogP contribution is -2.22. The van der Waals surface area contributed by atoms with Gasteiger partial charge in [-0.15, -0.1) is 0 Å². The van der Waals surface area contributed by atoms with Gasteiger partial charge in [0.05, 0.1) is 23.2 Å². The molecule has 6 nitrogen and oxygen atoms in total. The van der Waals surface area contributed by atoms with Crippen molar-refractivity contribution >= 4 is 28.6 Å². The van der Waals surface area contributed by atoms with Crippen molar-refractivity contribution in [2.45, 2.75) is 32.7 Å². The molecule has 0 amide bonds. The van der Waals surface area contributed by atoms with Crippen LogP contribution >= 0.6 is 11.6 Å². The van der Waals surface area contributed by atoms with E-state index in [0.717, 1.165) is 12.1 Å². The van der Waals surface area contributed by atoms with Gasteiger partial charge in [-0.05, 0) is 74.0 Å². The van der Waals surface area contributed by atoms with E-state index in [4.69, 9.17) is 26.2 Å². The molecule has 1 atom stereocenters. The summed E-state index contributed by atoms with van der Waals surface area (Å²) in [5.41, 5.74) is 1.17. The Morgan fingerprint density at radius 3 is 2.49 bits per heavy atom. The third kappa shape index (κ3) is 5.19. The number of carboxylic acid groups (broad SMARTS) is 1. The second-order valence-electron chi connectivity index (χ2n) is 7.85. The zero-order valence-corrected chi connectivity index (χ0v) is 19.4. The van der Waals surface area contributed by atoms with Crippen LogP contribution in [0.25, 0.3) is 11.0 Å². The van der Waals surface area contributed by atoms with Crippen molar-refractivity contribution in [1.82, 2.24) is 9.55 Å². The second kappa shape index (κ2) is 9.50. The molecular formula is C25H20ClF3N2O4. The largest absolute Gasteiger partial charge is 0.479 e. The molecule has 35 heavy (non-hydrogen) atoms. The standard InChI is InChI=1S/C25H20ClF3N2O4/c1-14-22(35-18-7-5-17(6-8-18)25(27,28)29)20-4-3-11-30-23(20)31(14)13-16-12-19(9-10-21(16)26)34-15(2)24(32)33/h3-12,15H,13H2,1-2H3,(H,32,33)/t15-/m1/s1. The minimum absolute atomic E-state index is 0.250. The van der Waals surface area contributed by atoms with Gasteiger partial charge in [0.2, 0.25) is 0 Å². The van der Waals surface area contributed by atoms with Crippen LogP contribution in [0.5, 0.6) is 17.2 Å². The zero-order valence-electron chi connectivity index (χ0n) is 18.6. The number of hydrogen-bond acceptors (Lipinski definition) is 4. The van der Waals surface area contributed by atoms with Gasteiger partial charge in [-0.3, -0.25) is 0 Å².